The number of ketones is 1. The van der Waals surface area contributed by atoms with Gasteiger partial charge in [0, 0.05) is 31.5 Å². The maximum atomic E-state index is 11.8. The highest BCUT2D eigenvalue weighted by Gasteiger charge is 2.36. The zero-order valence-electron chi connectivity index (χ0n) is 10.6. The molecule has 96 valence electrons. The Morgan fingerprint density at radius 3 is 2.88 bits per heavy atom. The first-order valence-corrected chi connectivity index (χ1v) is 7.23. The van der Waals surface area contributed by atoms with Gasteiger partial charge >= 0.3 is 0 Å². The van der Waals surface area contributed by atoms with Crippen LogP contribution in [0.1, 0.15) is 44.9 Å². The second-order valence-electron chi connectivity index (χ2n) is 5.81. The Morgan fingerprint density at radius 2 is 2.06 bits per heavy atom. The van der Waals surface area contributed by atoms with E-state index < -0.39 is 0 Å². The third-order valence-corrected chi connectivity index (χ3v) is 4.73. The van der Waals surface area contributed by atoms with E-state index in [1.807, 2.05) is 0 Å². The van der Waals surface area contributed by atoms with Crippen molar-refractivity contribution in [3.8, 4) is 0 Å². The second-order valence-corrected chi connectivity index (χ2v) is 5.81. The van der Waals surface area contributed by atoms with Crippen LogP contribution in [0.3, 0.4) is 0 Å². The summed E-state index contributed by atoms with van der Waals surface area (Å²) in [5, 5.41) is 0. The highest BCUT2D eigenvalue weighted by molar-refractivity contribution is 5.83. The van der Waals surface area contributed by atoms with Gasteiger partial charge in [0.15, 0.2) is 0 Å². The summed E-state index contributed by atoms with van der Waals surface area (Å²) in [6, 6.07) is 0.603. The van der Waals surface area contributed by atoms with E-state index >= 15 is 0 Å². The molecular weight excluding hydrogens is 214 g/mol. The first-order chi connectivity index (χ1) is 8.34. The van der Waals surface area contributed by atoms with E-state index in [9.17, 15) is 4.79 Å². The molecule has 2 aliphatic carbocycles. The SMILES string of the molecule is O=C1CCCC1CN1CCOC2CCCCC21. The molecule has 0 aromatic carbocycles. The molecule has 1 saturated heterocycles. The normalized spacial score (nSPS) is 39.3. The maximum absolute atomic E-state index is 11.8. The van der Waals surface area contributed by atoms with Gasteiger partial charge in [0.2, 0.25) is 0 Å². The summed E-state index contributed by atoms with van der Waals surface area (Å²) in [5.74, 6) is 0.833. The van der Waals surface area contributed by atoms with Crippen molar-refractivity contribution in [2.45, 2.75) is 57.1 Å². The van der Waals surface area contributed by atoms with Gasteiger partial charge in [-0.15, -0.1) is 0 Å². The molecule has 3 rings (SSSR count). The molecule has 0 aromatic heterocycles. The van der Waals surface area contributed by atoms with Gasteiger partial charge < -0.3 is 4.74 Å². The summed E-state index contributed by atoms with van der Waals surface area (Å²) in [6.07, 6.45) is 8.65. The zero-order chi connectivity index (χ0) is 11.7. The average molecular weight is 237 g/mol. The van der Waals surface area contributed by atoms with E-state index in [2.05, 4.69) is 4.90 Å². The molecule has 0 radical (unpaired) electrons. The quantitative estimate of drug-likeness (QED) is 0.735. The number of nitrogens with zero attached hydrogens (tertiary/aromatic N) is 1. The first-order valence-electron chi connectivity index (χ1n) is 7.23. The molecule has 3 atom stereocenters. The molecule has 3 nitrogen and oxygen atoms in total. The highest BCUT2D eigenvalue weighted by Crippen LogP contribution is 2.31. The topological polar surface area (TPSA) is 29.5 Å². The lowest BCUT2D eigenvalue weighted by Gasteiger charge is -2.44. The van der Waals surface area contributed by atoms with Crippen LogP contribution in [-0.2, 0) is 9.53 Å². The van der Waals surface area contributed by atoms with Crippen molar-refractivity contribution in [1.82, 2.24) is 4.90 Å². The fourth-order valence-electron chi connectivity index (χ4n) is 3.77. The summed E-state index contributed by atoms with van der Waals surface area (Å²) < 4.78 is 5.88. The van der Waals surface area contributed by atoms with Crippen molar-refractivity contribution in [3.63, 3.8) is 0 Å². The first kappa shape index (κ1) is 11.7. The van der Waals surface area contributed by atoms with Crippen LogP contribution in [0.5, 0.6) is 0 Å². The summed E-state index contributed by atoms with van der Waals surface area (Å²) in [5.41, 5.74) is 0. The number of rotatable bonds is 2. The minimum atomic E-state index is 0.329. The second kappa shape index (κ2) is 5.07. The number of hydrogen-bond acceptors (Lipinski definition) is 3. The smallest absolute Gasteiger partial charge is 0.137 e. The highest BCUT2D eigenvalue weighted by atomic mass is 16.5. The van der Waals surface area contributed by atoms with Crippen LogP contribution in [0.25, 0.3) is 0 Å². The fraction of sp³-hybridized carbons (Fsp3) is 0.929. The lowest BCUT2D eigenvalue weighted by atomic mass is 9.89. The van der Waals surface area contributed by atoms with Crippen molar-refractivity contribution >= 4 is 5.78 Å². The summed E-state index contributed by atoms with van der Waals surface area (Å²) in [7, 11) is 0. The van der Waals surface area contributed by atoms with E-state index in [1.165, 1.54) is 25.7 Å². The summed E-state index contributed by atoms with van der Waals surface area (Å²) >= 11 is 0. The Balaban J connectivity index is 1.62. The number of fused-ring (bicyclic) bond motifs is 1. The number of hydrogen-bond donors (Lipinski definition) is 0. The van der Waals surface area contributed by atoms with Gasteiger partial charge in [0.05, 0.1) is 12.7 Å². The summed E-state index contributed by atoms with van der Waals surface area (Å²) in [4.78, 5) is 14.3. The van der Waals surface area contributed by atoms with Gasteiger partial charge in [-0.3, -0.25) is 9.69 Å². The third kappa shape index (κ3) is 2.41. The number of carbonyl (C=O) groups is 1. The lowest BCUT2D eigenvalue weighted by molar-refractivity contribution is -0.124. The molecular formula is C14H23NO2. The lowest BCUT2D eigenvalue weighted by Crippen LogP contribution is -2.54. The molecule has 0 bridgehead atoms. The number of ether oxygens (including phenoxy) is 1. The molecule has 0 aromatic rings. The van der Waals surface area contributed by atoms with E-state index in [0.717, 1.165) is 39.0 Å². The van der Waals surface area contributed by atoms with Gasteiger partial charge in [-0.05, 0) is 25.7 Å². The average Bonchev–Trinajstić information content (AvgIpc) is 2.76. The Kier molecular flexibility index (Phi) is 3.48. The van der Waals surface area contributed by atoms with E-state index in [-0.39, 0.29) is 0 Å². The third-order valence-electron chi connectivity index (χ3n) is 4.73. The van der Waals surface area contributed by atoms with Crippen molar-refractivity contribution < 1.29 is 9.53 Å². The molecule has 1 aliphatic heterocycles. The van der Waals surface area contributed by atoms with Gasteiger partial charge in [-0.2, -0.15) is 0 Å². The van der Waals surface area contributed by atoms with E-state index in [4.69, 9.17) is 4.74 Å². The Bertz CT molecular complexity index is 290. The minimum absolute atomic E-state index is 0.329. The standard InChI is InChI=1S/C14H23NO2/c16-13-6-3-4-11(13)10-15-8-9-17-14-7-2-1-5-12(14)15/h11-12,14H,1-10H2. The summed E-state index contributed by atoms with van der Waals surface area (Å²) in [6.45, 7) is 2.90. The Morgan fingerprint density at radius 1 is 1.18 bits per heavy atom. The Labute approximate surface area is 104 Å². The van der Waals surface area contributed by atoms with Crippen molar-refractivity contribution in [2.75, 3.05) is 19.7 Å². The van der Waals surface area contributed by atoms with Gasteiger partial charge in [-0.25, -0.2) is 0 Å². The predicted molar refractivity (Wildman–Crippen MR) is 65.9 cm³/mol. The predicted octanol–water partition coefficient (Wildman–Crippen LogP) is 2.00. The molecule has 3 aliphatic rings. The molecule has 3 unspecified atom stereocenters. The number of morpholine rings is 1. The molecule has 3 heteroatoms. The van der Waals surface area contributed by atoms with E-state index in [1.54, 1.807) is 0 Å². The van der Waals surface area contributed by atoms with Crippen molar-refractivity contribution in [3.05, 3.63) is 0 Å². The molecule has 0 spiro atoms. The van der Waals surface area contributed by atoms with Crippen LogP contribution < -0.4 is 0 Å². The molecule has 3 fully saturated rings. The largest absolute Gasteiger partial charge is 0.375 e. The molecule has 17 heavy (non-hydrogen) atoms. The molecule has 2 saturated carbocycles. The van der Waals surface area contributed by atoms with E-state index in [0.29, 0.717) is 23.8 Å². The monoisotopic (exact) mass is 237 g/mol. The van der Waals surface area contributed by atoms with Crippen LogP contribution in [-0.4, -0.2) is 42.5 Å². The fourth-order valence-corrected chi connectivity index (χ4v) is 3.77. The van der Waals surface area contributed by atoms with Crippen LogP contribution in [0, 0.1) is 5.92 Å². The van der Waals surface area contributed by atoms with Crippen molar-refractivity contribution in [2.24, 2.45) is 5.92 Å². The molecule has 0 N–H and O–H groups in total. The van der Waals surface area contributed by atoms with Gasteiger partial charge in [0.25, 0.3) is 0 Å². The number of Topliss-reactive ketones (excluding diaryl/α,β-unsaturated/α-hetero) is 1. The minimum Gasteiger partial charge on any atom is -0.375 e. The molecule has 0 amide bonds. The van der Waals surface area contributed by atoms with Crippen molar-refractivity contribution in [1.29, 1.82) is 0 Å². The molecule has 1 heterocycles. The van der Waals surface area contributed by atoms with Crippen LogP contribution in [0.4, 0.5) is 0 Å². The van der Waals surface area contributed by atoms with Crippen LogP contribution >= 0.6 is 0 Å². The van der Waals surface area contributed by atoms with Gasteiger partial charge in [-0.1, -0.05) is 12.8 Å². The maximum Gasteiger partial charge on any atom is 0.137 e. The zero-order valence-corrected chi connectivity index (χ0v) is 10.6. The van der Waals surface area contributed by atoms with Crippen LogP contribution in [0.15, 0.2) is 0 Å². The number of carbonyl (C=O) groups excluding carboxylic acids is 1. The van der Waals surface area contributed by atoms with Crippen LogP contribution in [0.2, 0.25) is 0 Å². The Hall–Kier alpha value is -0.410. The van der Waals surface area contributed by atoms with Gasteiger partial charge in [0.1, 0.15) is 5.78 Å².